The summed E-state index contributed by atoms with van der Waals surface area (Å²) in [5, 5.41) is 10.1. The fourth-order valence-electron chi connectivity index (χ4n) is 2.51. The van der Waals surface area contributed by atoms with Crippen LogP contribution >= 0.6 is 0 Å². The third kappa shape index (κ3) is 1.99. The second-order valence-electron chi connectivity index (χ2n) is 4.50. The molecule has 1 heterocycles. The number of carbonyl (C=O) groups is 1. The number of fused-ring (bicyclic) bond motifs is 1. The van der Waals surface area contributed by atoms with Crippen LogP contribution in [0.2, 0.25) is 0 Å². The Labute approximate surface area is 106 Å². The van der Waals surface area contributed by atoms with Crippen molar-refractivity contribution in [2.75, 3.05) is 0 Å². The van der Waals surface area contributed by atoms with Gasteiger partial charge in [0.1, 0.15) is 6.04 Å². The Morgan fingerprint density at radius 2 is 2.11 bits per heavy atom. The van der Waals surface area contributed by atoms with Crippen molar-refractivity contribution in [2.45, 2.75) is 25.8 Å². The number of para-hydroxylation sites is 1. The van der Waals surface area contributed by atoms with Crippen molar-refractivity contribution < 1.29 is 9.90 Å². The highest BCUT2D eigenvalue weighted by molar-refractivity contribution is 5.86. The van der Waals surface area contributed by atoms with Crippen LogP contribution in [-0.4, -0.2) is 21.7 Å². The molecule has 0 spiro atoms. The summed E-state index contributed by atoms with van der Waals surface area (Å²) in [6, 6.07) is 7.18. The first-order chi connectivity index (χ1) is 8.56. The molecule has 1 unspecified atom stereocenters. The van der Waals surface area contributed by atoms with Crippen LogP contribution in [0, 0.1) is 0 Å². The number of nitrogens with zero attached hydrogens (tertiary/aromatic N) is 1. The molecule has 4 heteroatoms. The van der Waals surface area contributed by atoms with Crippen LogP contribution in [0.4, 0.5) is 0 Å². The van der Waals surface area contributed by atoms with Crippen LogP contribution in [0.1, 0.15) is 18.2 Å². The first kappa shape index (κ1) is 12.6. The molecule has 4 nitrogen and oxygen atoms in total. The average molecular weight is 246 g/mol. The second kappa shape index (κ2) is 4.82. The van der Waals surface area contributed by atoms with E-state index in [0.29, 0.717) is 6.42 Å². The molecular weight excluding hydrogens is 228 g/mol. The highest BCUT2D eigenvalue weighted by Crippen LogP contribution is 2.26. The standard InChI is InChI=1S/C14H18N2O2/c1-3-12-10(8-11(15)14(17)18)9-6-4-5-7-13(9)16(12)2/h4-7,11H,3,8,15H2,1-2H3,(H,17,18). The zero-order chi connectivity index (χ0) is 13.3. The van der Waals surface area contributed by atoms with Crippen molar-refractivity contribution >= 4 is 16.9 Å². The predicted molar refractivity (Wildman–Crippen MR) is 71.6 cm³/mol. The summed E-state index contributed by atoms with van der Waals surface area (Å²) in [7, 11) is 2.01. The molecule has 96 valence electrons. The lowest BCUT2D eigenvalue weighted by molar-refractivity contribution is -0.138. The molecule has 1 aromatic carbocycles. The van der Waals surface area contributed by atoms with E-state index in [1.165, 1.54) is 0 Å². The van der Waals surface area contributed by atoms with E-state index in [1.807, 2.05) is 31.3 Å². The Morgan fingerprint density at radius 1 is 1.44 bits per heavy atom. The maximum atomic E-state index is 10.9. The summed E-state index contributed by atoms with van der Waals surface area (Å²) in [4.78, 5) is 10.9. The van der Waals surface area contributed by atoms with E-state index in [1.54, 1.807) is 0 Å². The van der Waals surface area contributed by atoms with Crippen LogP contribution < -0.4 is 5.73 Å². The fourth-order valence-corrected chi connectivity index (χ4v) is 2.51. The molecular formula is C14H18N2O2. The smallest absolute Gasteiger partial charge is 0.320 e. The van der Waals surface area contributed by atoms with E-state index in [-0.39, 0.29) is 0 Å². The van der Waals surface area contributed by atoms with Crippen molar-refractivity contribution in [3.05, 3.63) is 35.5 Å². The highest BCUT2D eigenvalue weighted by atomic mass is 16.4. The third-order valence-corrected chi connectivity index (χ3v) is 3.42. The fraction of sp³-hybridized carbons (Fsp3) is 0.357. The molecule has 0 radical (unpaired) electrons. The Bertz CT molecular complexity index is 587. The number of benzene rings is 1. The van der Waals surface area contributed by atoms with Gasteiger partial charge in [-0.3, -0.25) is 4.79 Å². The molecule has 0 aliphatic heterocycles. The second-order valence-corrected chi connectivity index (χ2v) is 4.50. The lowest BCUT2D eigenvalue weighted by Gasteiger charge is -2.08. The van der Waals surface area contributed by atoms with Gasteiger partial charge in [0.05, 0.1) is 0 Å². The summed E-state index contributed by atoms with van der Waals surface area (Å²) in [5.41, 5.74) is 9.01. The number of aliphatic carboxylic acids is 1. The monoisotopic (exact) mass is 246 g/mol. The summed E-state index contributed by atoms with van der Waals surface area (Å²) < 4.78 is 2.12. The molecule has 0 bridgehead atoms. The molecule has 1 atom stereocenters. The molecule has 2 rings (SSSR count). The van der Waals surface area contributed by atoms with Gasteiger partial charge < -0.3 is 15.4 Å². The molecule has 0 aliphatic rings. The lowest BCUT2D eigenvalue weighted by Crippen LogP contribution is -2.32. The zero-order valence-electron chi connectivity index (χ0n) is 10.7. The first-order valence-corrected chi connectivity index (χ1v) is 6.09. The minimum atomic E-state index is -0.954. The van der Waals surface area contributed by atoms with Gasteiger partial charge in [0.2, 0.25) is 0 Å². The molecule has 0 aliphatic carbocycles. The van der Waals surface area contributed by atoms with E-state index in [9.17, 15) is 4.79 Å². The number of aromatic nitrogens is 1. The van der Waals surface area contributed by atoms with Gasteiger partial charge in [0.25, 0.3) is 0 Å². The summed E-state index contributed by atoms with van der Waals surface area (Å²) >= 11 is 0. The van der Waals surface area contributed by atoms with Crippen molar-refractivity contribution in [1.82, 2.24) is 4.57 Å². The Hall–Kier alpha value is -1.81. The zero-order valence-corrected chi connectivity index (χ0v) is 10.7. The first-order valence-electron chi connectivity index (χ1n) is 6.09. The topological polar surface area (TPSA) is 68.2 Å². The number of nitrogens with two attached hydrogens (primary N) is 1. The van der Waals surface area contributed by atoms with E-state index < -0.39 is 12.0 Å². The average Bonchev–Trinajstić information content (AvgIpc) is 2.63. The maximum Gasteiger partial charge on any atom is 0.320 e. The quantitative estimate of drug-likeness (QED) is 0.862. The van der Waals surface area contributed by atoms with Gasteiger partial charge in [0.15, 0.2) is 0 Å². The number of hydrogen-bond acceptors (Lipinski definition) is 2. The van der Waals surface area contributed by atoms with Crippen LogP contribution in [-0.2, 0) is 24.7 Å². The van der Waals surface area contributed by atoms with E-state index in [4.69, 9.17) is 10.8 Å². The van der Waals surface area contributed by atoms with Crippen molar-refractivity contribution in [1.29, 1.82) is 0 Å². The lowest BCUT2D eigenvalue weighted by atomic mass is 10.0. The van der Waals surface area contributed by atoms with Crippen molar-refractivity contribution in [3.8, 4) is 0 Å². The van der Waals surface area contributed by atoms with Gasteiger partial charge in [-0.1, -0.05) is 25.1 Å². The number of carboxylic acid groups (broad SMARTS) is 1. The molecule has 2 aromatic rings. The predicted octanol–water partition coefficient (Wildman–Crippen LogP) is 1.70. The van der Waals surface area contributed by atoms with E-state index >= 15 is 0 Å². The summed E-state index contributed by atoms with van der Waals surface area (Å²) in [6.45, 7) is 2.07. The van der Waals surface area contributed by atoms with Crippen LogP contribution in [0.3, 0.4) is 0 Å². The van der Waals surface area contributed by atoms with Crippen molar-refractivity contribution in [2.24, 2.45) is 12.8 Å². The minimum Gasteiger partial charge on any atom is -0.480 e. The Morgan fingerprint density at radius 3 is 2.72 bits per heavy atom. The Balaban J connectivity index is 2.57. The van der Waals surface area contributed by atoms with Gasteiger partial charge in [0, 0.05) is 30.1 Å². The Kier molecular flexibility index (Phi) is 3.39. The molecule has 0 saturated heterocycles. The molecule has 3 N–H and O–H groups in total. The largest absolute Gasteiger partial charge is 0.480 e. The van der Waals surface area contributed by atoms with Crippen LogP contribution in [0.5, 0.6) is 0 Å². The molecule has 0 amide bonds. The third-order valence-electron chi connectivity index (χ3n) is 3.42. The van der Waals surface area contributed by atoms with E-state index in [2.05, 4.69) is 11.5 Å². The highest BCUT2D eigenvalue weighted by Gasteiger charge is 2.19. The van der Waals surface area contributed by atoms with Gasteiger partial charge in [-0.15, -0.1) is 0 Å². The SMILES string of the molecule is CCc1c(CC(N)C(=O)O)c2ccccc2n1C. The normalized spacial score (nSPS) is 12.8. The van der Waals surface area contributed by atoms with Gasteiger partial charge in [-0.2, -0.15) is 0 Å². The van der Waals surface area contributed by atoms with Crippen LogP contribution in [0.25, 0.3) is 10.9 Å². The van der Waals surface area contributed by atoms with Gasteiger partial charge in [-0.05, 0) is 18.1 Å². The van der Waals surface area contributed by atoms with Gasteiger partial charge >= 0.3 is 5.97 Å². The van der Waals surface area contributed by atoms with Crippen LogP contribution in [0.15, 0.2) is 24.3 Å². The summed E-state index contributed by atoms with van der Waals surface area (Å²) in [6.07, 6.45) is 1.24. The summed E-state index contributed by atoms with van der Waals surface area (Å²) in [5.74, 6) is -0.954. The van der Waals surface area contributed by atoms with Crippen molar-refractivity contribution in [3.63, 3.8) is 0 Å². The number of carboxylic acids is 1. The number of hydrogen-bond donors (Lipinski definition) is 2. The molecule has 0 saturated carbocycles. The van der Waals surface area contributed by atoms with E-state index in [0.717, 1.165) is 28.6 Å². The minimum absolute atomic E-state index is 0.375. The molecule has 18 heavy (non-hydrogen) atoms. The molecule has 1 aromatic heterocycles. The maximum absolute atomic E-state index is 10.9. The number of rotatable bonds is 4. The molecule has 0 fully saturated rings. The van der Waals surface area contributed by atoms with Gasteiger partial charge in [-0.25, -0.2) is 0 Å². The number of aryl methyl sites for hydroxylation is 1.